The van der Waals surface area contributed by atoms with Gasteiger partial charge in [-0.25, -0.2) is 28.0 Å². The van der Waals surface area contributed by atoms with E-state index >= 15 is 0 Å². The molecule has 352 valence electrons. The largest absolute Gasteiger partial charge is 0.390 e. The number of ether oxygens (including phenoxy) is 5. The summed E-state index contributed by atoms with van der Waals surface area (Å²) >= 11 is 0. The van der Waals surface area contributed by atoms with Gasteiger partial charge in [-0.3, -0.25) is 0 Å². The number of benzene rings is 2. The van der Waals surface area contributed by atoms with Crippen LogP contribution in [-0.2, 0) is 52.7 Å². The second-order valence-electron chi connectivity index (χ2n) is 16.5. The van der Waals surface area contributed by atoms with Crippen LogP contribution in [0.25, 0.3) is 0 Å². The van der Waals surface area contributed by atoms with Gasteiger partial charge in [0.05, 0.1) is 26.4 Å². The molecule has 3 unspecified atom stereocenters. The topological polar surface area (TPSA) is 201 Å². The van der Waals surface area contributed by atoms with Crippen LogP contribution in [0.4, 0.5) is 18.4 Å². The van der Waals surface area contributed by atoms with E-state index in [1.165, 1.54) is 26.2 Å². The fraction of sp³-hybridized carbons (Fsp3) is 0.652. The summed E-state index contributed by atoms with van der Waals surface area (Å²) in [5.74, 6) is -7.29. The number of nitrogens with two attached hydrogens (primary N) is 1. The molecule has 2 saturated heterocycles. The first-order chi connectivity index (χ1) is 30.3. The van der Waals surface area contributed by atoms with Gasteiger partial charge in [0.15, 0.2) is 11.6 Å². The summed E-state index contributed by atoms with van der Waals surface area (Å²) in [6, 6.07) is 6.46. The summed E-state index contributed by atoms with van der Waals surface area (Å²) in [6.07, 6.45) is 5.69. The molecule has 4 rings (SSSR count). The summed E-state index contributed by atoms with van der Waals surface area (Å²) in [7, 11) is 2.78. The van der Waals surface area contributed by atoms with Crippen LogP contribution in [0.2, 0.25) is 0 Å². The lowest BCUT2D eigenvalue weighted by Gasteiger charge is -2.48. The third kappa shape index (κ3) is 15.7. The van der Waals surface area contributed by atoms with Gasteiger partial charge in [0.2, 0.25) is 0 Å². The van der Waals surface area contributed by atoms with Crippen LogP contribution >= 0.6 is 0 Å². The number of hydrogen-bond donors (Lipinski definition) is 6. The van der Waals surface area contributed by atoms with Gasteiger partial charge in [0.1, 0.15) is 23.7 Å². The van der Waals surface area contributed by atoms with Gasteiger partial charge < -0.3 is 56.0 Å². The molecule has 2 aromatic rings. The fourth-order valence-electron chi connectivity index (χ4n) is 8.47. The molecule has 63 heavy (non-hydrogen) atoms. The number of nitrogens with one attached hydrogen (secondary N) is 5. The van der Waals surface area contributed by atoms with E-state index in [4.69, 9.17) is 29.4 Å². The van der Waals surface area contributed by atoms with Gasteiger partial charge in [-0.05, 0) is 79.7 Å². The van der Waals surface area contributed by atoms with Crippen molar-refractivity contribution in [3.8, 4) is 0 Å². The first-order valence-electron chi connectivity index (χ1n) is 22.6. The van der Waals surface area contributed by atoms with E-state index in [-0.39, 0.29) is 32.2 Å². The van der Waals surface area contributed by atoms with Crippen molar-refractivity contribution in [1.82, 2.24) is 26.6 Å². The molecule has 0 aliphatic carbocycles. The molecule has 0 aromatic heterocycles. The standard InChI is InChI=1S/C46H70F2N6O9/c1-6-9-16-45(59-21-22-60-45)18-15-39(53-43(57)50-4)41(55)63-42(56)40(54-44(58)51-5)28-37(46(17-10-7-2)61-19-12-20-62-46)36(30-52-29-32-14-11-13-31(8-3)23-32)38(49)26-33-24-34(47)27-35(48)25-33/h11,13-14,23-25,27,36-40,52H,6-10,12,15-22,26,28-30,49H2,1-5H3,(H2,50,53,57)(H2,51,54,58)/t36?,37?,38?,39-,40+/m1/s1. The smallest absolute Gasteiger partial charge is 0.336 e. The normalized spacial score (nSPS) is 18.0. The number of halogens is 2. The number of amides is 4. The summed E-state index contributed by atoms with van der Waals surface area (Å²) in [6.45, 7) is 8.27. The maximum absolute atomic E-state index is 14.5. The Hall–Kier alpha value is -4.26. The monoisotopic (exact) mass is 889 g/mol. The molecule has 0 bridgehead atoms. The average Bonchev–Trinajstić information content (AvgIpc) is 3.75. The van der Waals surface area contributed by atoms with Crippen LogP contribution in [0.1, 0.15) is 102 Å². The third-order valence-electron chi connectivity index (χ3n) is 11.9. The Bertz CT molecular complexity index is 1740. The van der Waals surface area contributed by atoms with Crippen molar-refractivity contribution in [3.05, 3.63) is 70.8 Å². The van der Waals surface area contributed by atoms with Crippen LogP contribution in [0.3, 0.4) is 0 Å². The van der Waals surface area contributed by atoms with E-state index in [0.717, 1.165) is 42.9 Å². The van der Waals surface area contributed by atoms with E-state index < -0.39 is 77.2 Å². The molecule has 7 N–H and O–H groups in total. The minimum Gasteiger partial charge on any atom is -0.390 e. The molecule has 0 spiro atoms. The highest BCUT2D eigenvalue weighted by Gasteiger charge is 2.50. The molecule has 2 heterocycles. The van der Waals surface area contributed by atoms with Crippen LogP contribution in [-0.4, -0.2) is 101 Å². The number of rotatable bonds is 25. The molecule has 4 amide bonds. The van der Waals surface area contributed by atoms with Crippen molar-refractivity contribution < 1.29 is 51.6 Å². The predicted octanol–water partition coefficient (Wildman–Crippen LogP) is 5.51. The Morgan fingerprint density at radius 2 is 1.37 bits per heavy atom. The summed E-state index contributed by atoms with van der Waals surface area (Å²) in [5.41, 5.74) is 9.64. The third-order valence-corrected chi connectivity index (χ3v) is 11.9. The summed E-state index contributed by atoms with van der Waals surface area (Å²) < 4.78 is 59.8. The molecule has 15 nitrogen and oxygen atoms in total. The lowest BCUT2D eigenvalue weighted by molar-refractivity contribution is -0.307. The first-order valence-corrected chi connectivity index (χ1v) is 22.6. The molecule has 17 heteroatoms. The van der Waals surface area contributed by atoms with Gasteiger partial charge in [0.25, 0.3) is 0 Å². The predicted molar refractivity (Wildman–Crippen MR) is 233 cm³/mol. The zero-order valence-corrected chi connectivity index (χ0v) is 37.7. The van der Waals surface area contributed by atoms with Crippen LogP contribution in [0.5, 0.6) is 0 Å². The van der Waals surface area contributed by atoms with Crippen molar-refractivity contribution in [2.45, 2.75) is 134 Å². The molecule has 2 aromatic carbocycles. The van der Waals surface area contributed by atoms with Crippen molar-refractivity contribution in [2.24, 2.45) is 17.6 Å². The quantitative estimate of drug-likeness (QED) is 0.0543. The van der Waals surface area contributed by atoms with Crippen LogP contribution in [0, 0.1) is 23.5 Å². The highest BCUT2D eigenvalue weighted by Crippen LogP contribution is 2.42. The summed E-state index contributed by atoms with van der Waals surface area (Å²) in [4.78, 5) is 54.1. The average molecular weight is 889 g/mol. The number of carbonyl (C=O) groups excluding carboxylic acids is 4. The molecule has 0 radical (unpaired) electrons. The highest BCUT2D eigenvalue weighted by atomic mass is 19.1. The van der Waals surface area contributed by atoms with Crippen molar-refractivity contribution in [1.29, 1.82) is 0 Å². The molecule has 2 fully saturated rings. The molecular weight excluding hydrogens is 819 g/mol. The molecular formula is C46H70F2N6O9. The van der Waals surface area contributed by atoms with Gasteiger partial charge in [-0.2, -0.15) is 0 Å². The maximum Gasteiger partial charge on any atom is 0.336 e. The van der Waals surface area contributed by atoms with Gasteiger partial charge >= 0.3 is 24.0 Å². The lowest BCUT2D eigenvalue weighted by Crippen LogP contribution is -2.58. The second kappa shape index (κ2) is 25.9. The maximum atomic E-state index is 14.5. The number of carbonyl (C=O) groups is 4. The fourth-order valence-corrected chi connectivity index (χ4v) is 8.47. The SMILES string of the molecule is CCCCC1(CC[C@@H](NC(=O)NC)C(=O)OC(=O)[C@H](CC(C(CNCc2cccc(CC)c2)C(N)Cc2cc(F)cc(F)c2)C2(CCCC)OCCCO2)NC(=O)NC)OCCO1. The van der Waals surface area contributed by atoms with Crippen molar-refractivity contribution in [3.63, 3.8) is 0 Å². The molecule has 0 saturated carbocycles. The van der Waals surface area contributed by atoms with Crippen molar-refractivity contribution in [2.75, 3.05) is 47.1 Å². The molecule has 2 aliphatic heterocycles. The number of unbranched alkanes of at least 4 members (excludes halogenated alkanes) is 2. The molecule has 2 aliphatic rings. The summed E-state index contributed by atoms with van der Waals surface area (Å²) in [5, 5.41) is 13.7. The van der Waals surface area contributed by atoms with E-state index in [1.807, 2.05) is 32.0 Å². The Morgan fingerprint density at radius 3 is 1.98 bits per heavy atom. The number of urea groups is 2. The molecule has 5 atom stereocenters. The minimum atomic E-state index is -1.47. The number of hydrogen-bond acceptors (Lipinski definition) is 11. The van der Waals surface area contributed by atoms with Crippen LogP contribution in [0.15, 0.2) is 42.5 Å². The van der Waals surface area contributed by atoms with E-state index in [9.17, 15) is 28.0 Å². The zero-order chi connectivity index (χ0) is 45.8. The number of aryl methyl sites for hydroxylation is 1. The van der Waals surface area contributed by atoms with E-state index in [1.54, 1.807) is 0 Å². The Labute approximate surface area is 371 Å². The minimum absolute atomic E-state index is 0.0195. The lowest BCUT2D eigenvalue weighted by atomic mass is 9.73. The van der Waals surface area contributed by atoms with Crippen LogP contribution < -0.4 is 32.3 Å². The number of esters is 2. The Kier molecular flexibility index (Phi) is 21.1. The van der Waals surface area contributed by atoms with Gasteiger partial charge in [-0.1, -0.05) is 57.9 Å². The Balaban J connectivity index is 1.73. The highest BCUT2D eigenvalue weighted by molar-refractivity contribution is 5.94. The van der Waals surface area contributed by atoms with Gasteiger partial charge in [0, 0.05) is 64.5 Å². The Morgan fingerprint density at radius 1 is 0.762 bits per heavy atom. The van der Waals surface area contributed by atoms with Crippen molar-refractivity contribution >= 4 is 24.0 Å². The zero-order valence-electron chi connectivity index (χ0n) is 37.7. The van der Waals surface area contributed by atoms with E-state index in [2.05, 4.69) is 39.6 Å². The van der Waals surface area contributed by atoms with E-state index in [0.29, 0.717) is 64.2 Å². The van der Waals surface area contributed by atoms with Gasteiger partial charge in [-0.15, -0.1) is 0 Å². The first kappa shape index (κ1) is 51.4. The second-order valence-corrected chi connectivity index (χ2v) is 16.5.